The summed E-state index contributed by atoms with van der Waals surface area (Å²) in [6.45, 7) is 1.98. The molecule has 2 heterocycles. The molecule has 2 amide bonds. The van der Waals surface area contributed by atoms with E-state index in [-0.39, 0.29) is 11.9 Å². The third-order valence-electron chi connectivity index (χ3n) is 4.86. The molecule has 0 saturated carbocycles. The van der Waals surface area contributed by atoms with Crippen LogP contribution in [-0.4, -0.2) is 45.5 Å². The molecule has 0 aliphatic carbocycles. The first kappa shape index (κ1) is 17.5. The van der Waals surface area contributed by atoms with Crippen molar-refractivity contribution in [3.63, 3.8) is 0 Å². The summed E-state index contributed by atoms with van der Waals surface area (Å²) in [5.41, 5.74) is 2.08. The Kier molecular flexibility index (Phi) is 5.71. The fraction of sp³-hybridized carbons (Fsp3) is 0.474. The number of urea groups is 1. The molecular formula is C19H26N4O2. The fourth-order valence-electron chi connectivity index (χ4n) is 3.37. The van der Waals surface area contributed by atoms with E-state index in [4.69, 9.17) is 0 Å². The molecule has 2 aromatic rings. The molecule has 3 rings (SSSR count). The molecule has 1 unspecified atom stereocenters. The van der Waals surface area contributed by atoms with Crippen molar-refractivity contribution >= 4 is 6.03 Å². The molecule has 1 aromatic carbocycles. The first-order valence-electron chi connectivity index (χ1n) is 8.87. The lowest BCUT2D eigenvalue weighted by molar-refractivity contribution is 0.0666. The predicted molar refractivity (Wildman–Crippen MR) is 96.0 cm³/mol. The maximum absolute atomic E-state index is 12.3. The fourth-order valence-corrected chi connectivity index (χ4v) is 3.37. The van der Waals surface area contributed by atoms with Gasteiger partial charge in [-0.3, -0.25) is 4.68 Å². The molecule has 1 saturated heterocycles. The van der Waals surface area contributed by atoms with E-state index < -0.39 is 6.10 Å². The number of rotatable bonds is 5. The number of aryl methyl sites for hydroxylation is 1. The van der Waals surface area contributed by atoms with Crippen molar-refractivity contribution in [3.05, 3.63) is 53.9 Å². The predicted octanol–water partition coefficient (Wildman–Crippen LogP) is 2.12. The standard InChI is InChI=1S/C19H26N4O2/c1-22-14-15(13-21-22)7-10-20-19(25)23-11-8-17(9-12-23)18(24)16-5-3-2-4-6-16/h2-6,13-14,17-18,24H,7-12H2,1H3,(H,20,25). The van der Waals surface area contributed by atoms with Crippen molar-refractivity contribution in [3.8, 4) is 0 Å². The van der Waals surface area contributed by atoms with Gasteiger partial charge in [-0.2, -0.15) is 5.10 Å². The third-order valence-corrected chi connectivity index (χ3v) is 4.86. The number of hydrogen-bond acceptors (Lipinski definition) is 3. The molecule has 1 fully saturated rings. The number of piperidine rings is 1. The molecule has 1 aliphatic rings. The number of hydrogen-bond donors (Lipinski definition) is 2. The lowest BCUT2D eigenvalue weighted by Crippen LogP contribution is -2.45. The second-order valence-corrected chi connectivity index (χ2v) is 6.68. The summed E-state index contributed by atoms with van der Waals surface area (Å²) in [4.78, 5) is 14.1. The van der Waals surface area contributed by atoms with E-state index in [9.17, 15) is 9.90 Å². The van der Waals surface area contributed by atoms with Crippen LogP contribution in [0.4, 0.5) is 4.79 Å². The molecule has 0 radical (unpaired) electrons. The summed E-state index contributed by atoms with van der Waals surface area (Å²) in [5, 5.41) is 17.6. The zero-order chi connectivity index (χ0) is 17.6. The number of aliphatic hydroxyl groups is 1. The quantitative estimate of drug-likeness (QED) is 0.874. The number of aromatic nitrogens is 2. The van der Waals surface area contributed by atoms with Crippen LogP contribution in [0.15, 0.2) is 42.7 Å². The van der Waals surface area contributed by atoms with Crippen LogP contribution in [0, 0.1) is 5.92 Å². The molecule has 6 heteroatoms. The van der Waals surface area contributed by atoms with Gasteiger partial charge in [0.1, 0.15) is 0 Å². The van der Waals surface area contributed by atoms with Gasteiger partial charge in [0.05, 0.1) is 12.3 Å². The Bertz CT molecular complexity index is 678. The van der Waals surface area contributed by atoms with Gasteiger partial charge in [-0.05, 0) is 36.3 Å². The molecule has 0 bridgehead atoms. The summed E-state index contributed by atoms with van der Waals surface area (Å²) < 4.78 is 1.76. The van der Waals surface area contributed by atoms with Gasteiger partial charge in [-0.15, -0.1) is 0 Å². The lowest BCUT2D eigenvalue weighted by Gasteiger charge is -2.34. The molecule has 0 spiro atoms. The summed E-state index contributed by atoms with van der Waals surface area (Å²) in [6.07, 6.45) is 5.77. The molecule has 25 heavy (non-hydrogen) atoms. The Hall–Kier alpha value is -2.34. The van der Waals surface area contributed by atoms with Crippen molar-refractivity contribution in [2.75, 3.05) is 19.6 Å². The van der Waals surface area contributed by atoms with Crippen molar-refractivity contribution < 1.29 is 9.90 Å². The van der Waals surface area contributed by atoms with Crippen molar-refractivity contribution in [1.82, 2.24) is 20.0 Å². The number of amides is 2. The minimum atomic E-state index is -0.447. The molecule has 2 N–H and O–H groups in total. The normalized spacial score (nSPS) is 16.6. The van der Waals surface area contributed by atoms with Crippen LogP contribution in [0.5, 0.6) is 0 Å². The van der Waals surface area contributed by atoms with Crippen LogP contribution in [0.25, 0.3) is 0 Å². The van der Waals surface area contributed by atoms with Gasteiger partial charge in [0, 0.05) is 32.9 Å². The van der Waals surface area contributed by atoms with Gasteiger partial charge >= 0.3 is 6.03 Å². The van der Waals surface area contributed by atoms with Gasteiger partial charge in [0.25, 0.3) is 0 Å². The number of aliphatic hydroxyl groups excluding tert-OH is 1. The number of likely N-dealkylation sites (tertiary alicyclic amines) is 1. The second kappa shape index (κ2) is 8.16. The highest BCUT2D eigenvalue weighted by Gasteiger charge is 2.28. The first-order valence-corrected chi connectivity index (χ1v) is 8.87. The Morgan fingerprint density at radius 2 is 2.04 bits per heavy atom. The molecule has 1 atom stereocenters. The van der Waals surface area contributed by atoms with E-state index in [0.29, 0.717) is 19.6 Å². The van der Waals surface area contributed by atoms with Gasteiger partial charge in [0.15, 0.2) is 0 Å². The maximum atomic E-state index is 12.3. The number of nitrogens with one attached hydrogen (secondary N) is 1. The van der Waals surface area contributed by atoms with Crippen LogP contribution in [0.3, 0.4) is 0 Å². The Balaban J connectivity index is 1.41. The van der Waals surface area contributed by atoms with Crippen molar-refractivity contribution in [2.24, 2.45) is 13.0 Å². The van der Waals surface area contributed by atoms with Crippen LogP contribution >= 0.6 is 0 Å². The average molecular weight is 342 g/mol. The minimum Gasteiger partial charge on any atom is -0.388 e. The van der Waals surface area contributed by atoms with Gasteiger partial charge in [-0.1, -0.05) is 30.3 Å². The van der Waals surface area contributed by atoms with Gasteiger partial charge < -0.3 is 15.3 Å². The largest absolute Gasteiger partial charge is 0.388 e. The van der Waals surface area contributed by atoms with E-state index in [2.05, 4.69) is 10.4 Å². The van der Waals surface area contributed by atoms with Crippen molar-refractivity contribution in [2.45, 2.75) is 25.4 Å². The second-order valence-electron chi connectivity index (χ2n) is 6.68. The first-order chi connectivity index (χ1) is 12.1. The smallest absolute Gasteiger partial charge is 0.317 e. The third kappa shape index (κ3) is 4.60. The monoisotopic (exact) mass is 342 g/mol. The molecule has 1 aromatic heterocycles. The highest BCUT2D eigenvalue weighted by molar-refractivity contribution is 5.74. The van der Waals surface area contributed by atoms with E-state index in [0.717, 1.165) is 30.4 Å². The number of nitrogens with zero attached hydrogens (tertiary/aromatic N) is 3. The maximum Gasteiger partial charge on any atom is 0.317 e. The van der Waals surface area contributed by atoms with Crippen LogP contribution in [0.1, 0.15) is 30.1 Å². The SMILES string of the molecule is Cn1cc(CCNC(=O)N2CCC(C(O)c3ccccc3)CC2)cn1. The Morgan fingerprint density at radius 3 is 2.68 bits per heavy atom. The summed E-state index contributed by atoms with van der Waals surface area (Å²) in [6, 6.07) is 9.75. The van der Waals surface area contributed by atoms with Gasteiger partial charge in [0.2, 0.25) is 0 Å². The van der Waals surface area contributed by atoms with E-state index in [1.54, 1.807) is 4.68 Å². The minimum absolute atomic E-state index is 0.0171. The van der Waals surface area contributed by atoms with E-state index in [1.165, 1.54) is 0 Å². The average Bonchev–Trinajstić information content (AvgIpc) is 3.07. The molecule has 134 valence electrons. The summed E-state index contributed by atoms with van der Waals surface area (Å²) >= 11 is 0. The molecular weight excluding hydrogens is 316 g/mol. The molecule has 1 aliphatic heterocycles. The zero-order valence-electron chi connectivity index (χ0n) is 14.6. The zero-order valence-corrected chi connectivity index (χ0v) is 14.6. The Morgan fingerprint density at radius 1 is 1.32 bits per heavy atom. The van der Waals surface area contributed by atoms with E-state index in [1.807, 2.05) is 54.7 Å². The van der Waals surface area contributed by atoms with Gasteiger partial charge in [-0.25, -0.2) is 4.79 Å². The highest BCUT2D eigenvalue weighted by Crippen LogP contribution is 2.30. The topological polar surface area (TPSA) is 70.4 Å². The number of benzene rings is 1. The summed E-state index contributed by atoms with van der Waals surface area (Å²) in [7, 11) is 1.89. The van der Waals surface area contributed by atoms with Crippen LogP contribution in [0.2, 0.25) is 0 Å². The Labute approximate surface area is 148 Å². The van der Waals surface area contributed by atoms with E-state index >= 15 is 0 Å². The van der Waals surface area contributed by atoms with Crippen LogP contribution < -0.4 is 5.32 Å². The number of carbonyl (C=O) groups excluding carboxylic acids is 1. The van der Waals surface area contributed by atoms with Crippen LogP contribution in [-0.2, 0) is 13.5 Å². The molecule has 6 nitrogen and oxygen atoms in total. The summed E-state index contributed by atoms with van der Waals surface area (Å²) in [5.74, 6) is 0.210. The number of carbonyl (C=O) groups is 1. The van der Waals surface area contributed by atoms with Crippen molar-refractivity contribution in [1.29, 1.82) is 0 Å². The lowest BCUT2D eigenvalue weighted by atomic mass is 9.87. The highest BCUT2D eigenvalue weighted by atomic mass is 16.3.